The molecule has 1 heterocycles. The first-order valence-electron chi connectivity index (χ1n) is 14.5. The average molecular weight is 564 g/mol. The summed E-state index contributed by atoms with van der Waals surface area (Å²) in [6, 6.07) is 15.1. The second-order valence-electron chi connectivity index (χ2n) is 10.4. The third kappa shape index (κ3) is 8.96. The molecule has 0 bridgehead atoms. The van der Waals surface area contributed by atoms with Crippen molar-refractivity contribution in [3.05, 3.63) is 59.7 Å². The monoisotopic (exact) mass is 563 g/mol. The standard InChI is InChI=1S/C31H41N5O5/c1-3-40-29(38)22-36-21-24-19-26(41-18-10-15-28(37)35(2)25-13-8-5-9-14-25)16-17-27(24)33-30(36)34-31(39)32-20-23-11-6-4-7-12-23/h4,6-7,11-12,16-17,19,25H,3,5,8-10,13-15,18,20-22H2,1-2H3,(H2,32,33,34,39). The van der Waals surface area contributed by atoms with Gasteiger partial charge in [-0.2, -0.15) is 0 Å². The SMILES string of the molecule is CCOC(=O)CN1Cc2cc(OCCCC(=O)N(C)C3CCCCC3)ccc2N=C1NC(=O)NCc1ccccc1. The fraction of sp³-hybridized carbons (Fsp3) is 0.484. The lowest BCUT2D eigenvalue weighted by Gasteiger charge is -2.31. The van der Waals surface area contributed by atoms with Crippen LogP contribution in [0.3, 0.4) is 0 Å². The molecule has 2 aliphatic rings. The van der Waals surface area contributed by atoms with Crippen LogP contribution >= 0.6 is 0 Å². The third-order valence-electron chi connectivity index (χ3n) is 7.40. The fourth-order valence-electron chi connectivity index (χ4n) is 5.14. The van der Waals surface area contributed by atoms with Crippen molar-refractivity contribution in [3.8, 4) is 5.75 Å². The summed E-state index contributed by atoms with van der Waals surface area (Å²) in [5.41, 5.74) is 2.50. The van der Waals surface area contributed by atoms with E-state index in [2.05, 4.69) is 15.6 Å². The molecule has 2 N–H and O–H groups in total. The van der Waals surface area contributed by atoms with Crippen molar-refractivity contribution in [2.75, 3.05) is 26.8 Å². The molecule has 10 nitrogen and oxygen atoms in total. The molecule has 41 heavy (non-hydrogen) atoms. The van der Waals surface area contributed by atoms with Gasteiger partial charge in [-0.3, -0.25) is 14.9 Å². The van der Waals surface area contributed by atoms with E-state index in [4.69, 9.17) is 9.47 Å². The van der Waals surface area contributed by atoms with Gasteiger partial charge in [0.1, 0.15) is 12.3 Å². The molecule has 0 spiro atoms. The number of carbonyl (C=O) groups excluding carboxylic acids is 3. The highest BCUT2D eigenvalue weighted by Gasteiger charge is 2.25. The molecule has 2 aromatic carbocycles. The van der Waals surface area contributed by atoms with Gasteiger partial charge in [0, 0.05) is 38.2 Å². The van der Waals surface area contributed by atoms with Crippen molar-refractivity contribution in [2.24, 2.45) is 4.99 Å². The van der Waals surface area contributed by atoms with Gasteiger partial charge in [-0.25, -0.2) is 9.79 Å². The van der Waals surface area contributed by atoms with E-state index in [0.717, 1.165) is 24.0 Å². The quantitative estimate of drug-likeness (QED) is 0.308. The molecule has 10 heteroatoms. The molecule has 2 aromatic rings. The van der Waals surface area contributed by atoms with Gasteiger partial charge >= 0.3 is 12.0 Å². The first kappa shape index (κ1) is 29.9. The maximum absolute atomic E-state index is 12.6. The summed E-state index contributed by atoms with van der Waals surface area (Å²) >= 11 is 0. The molecule has 0 atom stereocenters. The van der Waals surface area contributed by atoms with Crippen LogP contribution < -0.4 is 15.4 Å². The number of benzene rings is 2. The van der Waals surface area contributed by atoms with E-state index in [1.54, 1.807) is 11.8 Å². The normalized spacial score (nSPS) is 14.9. The van der Waals surface area contributed by atoms with Crippen LogP contribution in [0.25, 0.3) is 0 Å². The minimum Gasteiger partial charge on any atom is -0.494 e. The second-order valence-corrected chi connectivity index (χ2v) is 10.4. The highest BCUT2D eigenvalue weighted by Crippen LogP contribution is 2.30. The van der Waals surface area contributed by atoms with Crippen molar-refractivity contribution in [1.29, 1.82) is 0 Å². The van der Waals surface area contributed by atoms with Crippen molar-refractivity contribution >= 4 is 29.6 Å². The van der Waals surface area contributed by atoms with Crippen molar-refractivity contribution < 1.29 is 23.9 Å². The van der Waals surface area contributed by atoms with Crippen molar-refractivity contribution in [3.63, 3.8) is 0 Å². The minimum atomic E-state index is -0.423. The summed E-state index contributed by atoms with van der Waals surface area (Å²) in [7, 11) is 1.92. The molecular weight excluding hydrogens is 522 g/mol. The predicted molar refractivity (Wildman–Crippen MR) is 157 cm³/mol. The van der Waals surface area contributed by atoms with Gasteiger partial charge in [-0.1, -0.05) is 49.6 Å². The third-order valence-corrected chi connectivity index (χ3v) is 7.40. The van der Waals surface area contributed by atoms with Crippen LogP contribution in [0.2, 0.25) is 0 Å². The number of ether oxygens (including phenoxy) is 2. The minimum absolute atomic E-state index is 0.0627. The van der Waals surface area contributed by atoms with Crippen LogP contribution in [0.5, 0.6) is 5.75 Å². The Kier molecular flexibility index (Phi) is 11.0. The number of amides is 3. The van der Waals surface area contributed by atoms with Crippen LogP contribution in [0.15, 0.2) is 53.5 Å². The Hall–Kier alpha value is -4.08. The van der Waals surface area contributed by atoms with Gasteiger partial charge in [0.2, 0.25) is 11.9 Å². The molecule has 1 aliphatic heterocycles. The van der Waals surface area contributed by atoms with E-state index in [1.807, 2.05) is 60.5 Å². The largest absolute Gasteiger partial charge is 0.494 e. The lowest BCUT2D eigenvalue weighted by Crippen LogP contribution is -2.50. The molecule has 220 valence electrons. The molecule has 1 aliphatic carbocycles. The van der Waals surface area contributed by atoms with Gasteiger partial charge in [0.25, 0.3) is 0 Å². The molecule has 1 saturated carbocycles. The van der Waals surface area contributed by atoms with Crippen molar-refractivity contribution in [2.45, 2.75) is 71.0 Å². The van der Waals surface area contributed by atoms with E-state index in [9.17, 15) is 14.4 Å². The lowest BCUT2D eigenvalue weighted by atomic mass is 9.94. The van der Waals surface area contributed by atoms with Gasteiger partial charge in [0.15, 0.2) is 0 Å². The van der Waals surface area contributed by atoms with Gasteiger partial charge in [0.05, 0.1) is 18.9 Å². The summed E-state index contributed by atoms with van der Waals surface area (Å²) in [5.74, 6) is 0.693. The van der Waals surface area contributed by atoms with E-state index in [-0.39, 0.29) is 25.0 Å². The van der Waals surface area contributed by atoms with E-state index in [0.29, 0.717) is 50.0 Å². The molecule has 0 saturated heterocycles. The highest BCUT2D eigenvalue weighted by molar-refractivity contribution is 5.99. The van der Waals surface area contributed by atoms with Crippen LogP contribution in [0, 0.1) is 0 Å². The van der Waals surface area contributed by atoms with Crippen LogP contribution in [0.4, 0.5) is 10.5 Å². The number of esters is 1. The molecule has 1 fully saturated rings. The molecule has 4 rings (SSSR count). The fourth-order valence-corrected chi connectivity index (χ4v) is 5.14. The van der Waals surface area contributed by atoms with Crippen LogP contribution in [0.1, 0.15) is 63.0 Å². The van der Waals surface area contributed by atoms with Crippen LogP contribution in [-0.4, -0.2) is 66.5 Å². The first-order chi connectivity index (χ1) is 19.9. The molecular formula is C31H41N5O5. The number of hydrogen-bond donors (Lipinski definition) is 2. The Morgan fingerprint density at radius 1 is 1.07 bits per heavy atom. The van der Waals surface area contributed by atoms with E-state index < -0.39 is 12.0 Å². The first-order valence-corrected chi connectivity index (χ1v) is 14.5. The average Bonchev–Trinajstić information content (AvgIpc) is 2.99. The number of carbonyl (C=O) groups is 3. The zero-order chi connectivity index (χ0) is 29.0. The number of hydrogen-bond acceptors (Lipinski definition) is 7. The number of urea groups is 1. The van der Waals surface area contributed by atoms with Crippen LogP contribution in [-0.2, 0) is 27.4 Å². The Morgan fingerprint density at radius 3 is 2.61 bits per heavy atom. The molecule has 3 amide bonds. The Morgan fingerprint density at radius 2 is 1.85 bits per heavy atom. The Balaban J connectivity index is 1.34. The molecule has 0 unspecified atom stereocenters. The Bertz CT molecular complexity index is 1210. The lowest BCUT2D eigenvalue weighted by molar-refractivity contribution is -0.143. The Labute approximate surface area is 242 Å². The summed E-state index contributed by atoms with van der Waals surface area (Å²) in [6.07, 6.45) is 6.94. The summed E-state index contributed by atoms with van der Waals surface area (Å²) in [5, 5.41) is 5.60. The number of nitrogens with zero attached hydrogens (tertiary/aromatic N) is 3. The maximum atomic E-state index is 12.6. The van der Waals surface area contributed by atoms with E-state index in [1.165, 1.54) is 19.3 Å². The zero-order valence-electron chi connectivity index (χ0n) is 24.1. The second kappa shape index (κ2) is 15.1. The predicted octanol–water partition coefficient (Wildman–Crippen LogP) is 4.50. The summed E-state index contributed by atoms with van der Waals surface area (Å²) in [4.78, 5) is 45.8. The van der Waals surface area contributed by atoms with Gasteiger partial charge in [-0.15, -0.1) is 0 Å². The smallest absolute Gasteiger partial charge is 0.325 e. The summed E-state index contributed by atoms with van der Waals surface area (Å²) < 4.78 is 11.1. The molecule has 0 radical (unpaired) electrons. The number of rotatable bonds is 11. The van der Waals surface area contributed by atoms with Gasteiger partial charge in [-0.05, 0) is 49.9 Å². The van der Waals surface area contributed by atoms with Gasteiger partial charge < -0.3 is 24.6 Å². The molecule has 0 aromatic heterocycles. The topological polar surface area (TPSA) is 113 Å². The maximum Gasteiger partial charge on any atom is 0.325 e. The number of fused-ring (bicyclic) bond motifs is 1. The summed E-state index contributed by atoms with van der Waals surface area (Å²) in [6.45, 7) is 3.07. The number of aliphatic imine (C=N–C) groups is 1. The zero-order valence-corrected chi connectivity index (χ0v) is 24.1. The highest BCUT2D eigenvalue weighted by atomic mass is 16.5. The number of nitrogens with one attached hydrogen (secondary N) is 2. The number of guanidine groups is 1. The van der Waals surface area contributed by atoms with E-state index >= 15 is 0 Å². The van der Waals surface area contributed by atoms with Crippen molar-refractivity contribution in [1.82, 2.24) is 20.4 Å².